The van der Waals surface area contributed by atoms with E-state index in [1.807, 2.05) is 26.0 Å². The fourth-order valence-electron chi connectivity index (χ4n) is 1.23. The van der Waals surface area contributed by atoms with E-state index in [1.54, 1.807) is 6.07 Å². The van der Waals surface area contributed by atoms with E-state index in [-0.39, 0.29) is 5.91 Å². The molecule has 0 unspecified atom stereocenters. The fraction of sp³-hybridized carbons (Fsp3) is 0.300. The number of nitrogens with two attached hydrogens (primary N) is 1. The first-order chi connectivity index (χ1) is 6.69. The number of hydrogen-bond acceptors (Lipinski definition) is 3. The van der Waals surface area contributed by atoms with Gasteiger partial charge in [0.25, 0.3) is 5.91 Å². The highest BCUT2D eigenvalue weighted by Gasteiger charge is 2.09. The molecule has 1 aromatic carbocycles. The van der Waals surface area contributed by atoms with Gasteiger partial charge in [-0.1, -0.05) is 6.07 Å². The van der Waals surface area contributed by atoms with Gasteiger partial charge in [-0.25, -0.2) is 0 Å². The molecule has 0 bridgehead atoms. The maximum atomic E-state index is 11.5. The number of benzene rings is 1. The van der Waals surface area contributed by atoms with Crippen LogP contribution in [0, 0.1) is 6.92 Å². The predicted octanol–water partition coefficient (Wildman–Crippen LogP) is 1.03. The molecule has 14 heavy (non-hydrogen) atoms. The van der Waals surface area contributed by atoms with Crippen LogP contribution >= 0.6 is 0 Å². The molecular formula is C10H15N3O. The van der Waals surface area contributed by atoms with Crippen LogP contribution in [-0.4, -0.2) is 12.5 Å². The van der Waals surface area contributed by atoms with Gasteiger partial charge in [0.15, 0.2) is 0 Å². The maximum absolute atomic E-state index is 11.5. The van der Waals surface area contributed by atoms with Crippen molar-refractivity contribution in [1.29, 1.82) is 0 Å². The number of anilines is 1. The van der Waals surface area contributed by atoms with Crippen LogP contribution in [0.5, 0.6) is 0 Å². The molecule has 0 aliphatic carbocycles. The maximum Gasteiger partial charge on any atom is 0.253 e. The summed E-state index contributed by atoms with van der Waals surface area (Å²) in [6.07, 6.45) is 0. The van der Waals surface area contributed by atoms with Crippen LogP contribution in [0.1, 0.15) is 22.8 Å². The van der Waals surface area contributed by atoms with Crippen molar-refractivity contribution in [1.82, 2.24) is 5.32 Å². The highest BCUT2D eigenvalue weighted by Crippen LogP contribution is 2.15. The third kappa shape index (κ3) is 2.23. The molecule has 0 fully saturated rings. The molecule has 0 heterocycles. The Kier molecular flexibility index (Phi) is 3.48. The van der Waals surface area contributed by atoms with E-state index in [0.717, 1.165) is 5.56 Å². The van der Waals surface area contributed by atoms with Crippen molar-refractivity contribution >= 4 is 11.6 Å². The molecule has 0 aromatic heterocycles. The number of rotatable bonds is 3. The Morgan fingerprint density at radius 3 is 2.79 bits per heavy atom. The zero-order valence-electron chi connectivity index (χ0n) is 8.42. The van der Waals surface area contributed by atoms with Crippen LogP contribution in [0.2, 0.25) is 0 Å². The van der Waals surface area contributed by atoms with Crippen LogP contribution in [0.4, 0.5) is 5.69 Å². The van der Waals surface area contributed by atoms with Crippen molar-refractivity contribution in [2.24, 2.45) is 5.84 Å². The molecule has 1 rings (SSSR count). The molecule has 0 saturated heterocycles. The molecule has 1 amide bonds. The van der Waals surface area contributed by atoms with Crippen LogP contribution in [0.25, 0.3) is 0 Å². The topological polar surface area (TPSA) is 67.2 Å². The minimum atomic E-state index is -0.111. The van der Waals surface area contributed by atoms with Crippen LogP contribution in [0.15, 0.2) is 18.2 Å². The predicted molar refractivity (Wildman–Crippen MR) is 57.0 cm³/mol. The van der Waals surface area contributed by atoms with E-state index in [1.165, 1.54) is 0 Å². The highest BCUT2D eigenvalue weighted by atomic mass is 16.1. The summed E-state index contributed by atoms with van der Waals surface area (Å²) in [5.41, 5.74) is 4.79. The van der Waals surface area contributed by atoms with Crippen molar-refractivity contribution in [3.05, 3.63) is 29.3 Å². The van der Waals surface area contributed by atoms with E-state index in [4.69, 9.17) is 5.84 Å². The third-order valence-electron chi connectivity index (χ3n) is 1.91. The second-order valence-corrected chi connectivity index (χ2v) is 3.05. The number of aryl methyl sites for hydroxylation is 1. The minimum absolute atomic E-state index is 0.111. The molecule has 4 N–H and O–H groups in total. The first-order valence-corrected chi connectivity index (χ1v) is 4.54. The van der Waals surface area contributed by atoms with Crippen LogP contribution < -0.4 is 16.6 Å². The Hall–Kier alpha value is -1.55. The molecule has 0 radical (unpaired) electrons. The van der Waals surface area contributed by atoms with E-state index < -0.39 is 0 Å². The normalized spacial score (nSPS) is 9.64. The highest BCUT2D eigenvalue weighted by molar-refractivity contribution is 5.99. The van der Waals surface area contributed by atoms with Gasteiger partial charge >= 0.3 is 0 Å². The van der Waals surface area contributed by atoms with Crippen molar-refractivity contribution in [2.75, 3.05) is 12.0 Å². The number of carbonyl (C=O) groups is 1. The molecule has 0 aliphatic heterocycles. The summed E-state index contributed by atoms with van der Waals surface area (Å²) in [5.74, 6) is 5.21. The number of nitrogens with one attached hydrogen (secondary N) is 2. The molecular weight excluding hydrogens is 178 g/mol. The van der Waals surface area contributed by atoms with Gasteiger partial charge in [0.05, 0.1) is 11.3 Å². The average molecular weight is 193 g/mol. The average Bonchev–Trinajstić information content (AvgIpc) is 2.17. The Balaban J connectivity index is 3.01. The van der Waals surface area contributed by atoms with Gasteiger partial charge in [-0.2, -0.15) is 0 Å². The Morgan fingerprint density at radius 1 is 1.50 bits per heavy atom. The lowest BCUT2D eigenvalue weighted by atomic mass is 10.1. The molecule has 0 aliphatic rings. The SMILES string of the molecule is CCNC(=O)c1ccc(C)cc1NN. The lowest BCUT2D eigenvalue weighted by molar-refractivity contribution is 0.0956. The van der Waals surface area contributed by atoms with Gasteiger partial charge in [-0.3, -0.25) is 10.6 Å². The van der Waals surface area contributed by atoms with Gasteiger partial charge in [0, 0.05) is 6.54 Å². The number of hydrogen-bond donors (Lipinski definition) is 3. The summed E-state index contributed by atoms with van der Waals surface area (Å²) in [7, 11) is 0. The van der Waals surface area contributed by atoms with Gasteiger partial charge in [0.2, 0.25) is 0 Å². The monoisotopic (exact) mass is 193 g/mol. The van der Waals surface area contributed by atoms with Crippen molar-refractivity contribution in [2.45, 2.75) is 13.8 Å². The molecule has 1 aromatic rings. The summed E-state index contributed by atoms with van der Waals surface area (Å²) in [4.78, 5) is 11.5. The Bertz CT molecular complexity index is 336. The number of hydrazine groups is 1. The molecule has 0 atom stereocenters. The van der Waals surface area contributed by atoms with E-state index in [9.17, 15) is 4.79 Å². The molecule has 4 nitrogen and oxygen atoms in total. The van der Waals surface area contributed by atoms with Crippen molar-refractivity contribution in [3.63, 3.8) is 0 Å². The minimum Gasteiger partial charge on any atom is -0.352 e. The molecule has 4 heteroatoms. The number of nitrogen functional groups attached to an aromatic ring is 1. The quantitative estimate of drug-likeness (QED) is 0.496. The zero-order valence-corrected chi connectivity index (χ0v) is 8.42. The number of amides is 1. The summed E-state index contributed by atoms with van der Waals surface area (Å²) in [6, 6.07) is 5.48. The molecule has 0 saturated carbocycles. The van der Waals surface area contributed by atoms with Crippen molar-refractivity contribution in [3.8, 4) is 0 Å². The summed E-state index contributed by atoms with van der Waals surface area (Å²) in [6.45, 7) is 4.43. The first kappa shape index (κ1) is 10.5. The first-order valence-electron chi connectivity index (χ1n) is 4.54. The van der Waals surface area contributed by atoms with Crippen molar-refractivity contribution < 1.29 is 4.79 Å². The van der Waals surface area contributed by atoms with E-state index in [0.29, 0.717) is 17.8 Å². The summed E-state index contributed by atoms with van der Waals surface area (Å²) >= 11 is 0. The Labute approximate surface area is 83.5 Å². The third-order valence-corrected chi connectivity index (χ3v) is 1.91. The van der Waals surface area contributed by atoms with Crippen LogP contribution in [0.3, 0.4) is 0 Å². The van der Waals surface area contributed by atoms with Gasteiger partial charge in [-0.05, 0) is 31.5 Å². The lowest BCUT2D eigenvalue weighted by Crippen LogP contribution is -2.24. The second kappa shape index (κ2) is 4.62. The van der Waals surface area contributed by atoms with E-state index in [2.05, 4.69) is 10.7 Å². The van der Waals surface area contributed by atoms with Crippen LogP contribution in [-0.2, 0) is 0 Å². The van der Waals surface area contributed by atoms with Gasteiger partial charge in [-0.15, -0.1) is 0 Å². The largest absolute Gasteiger partial charge is 0.352 e. The summed E-state index contributed by atoms with van der Waals surface area (Å²) < 4.78 is 0. The standard InChI is InChI=1S/C10H15N3O/c1-3-12-10(14)8-5-4-7(2)6-9(8)13-11/h4-6,13H,3,11H2,1-2H3,(H,12,14). The zero-order chi connectivity index (χ0) is 10.6. The Morgan fingerprint density at radius 2 is 2.21 bits per heavy atom. The number of carbonyl (C=O) groups excluding carboxylic acids is 1. The second-order valence-electron chi connectivity index (χ2n) is 3.05. The lowest BCUT2D eigenvalue weighted by Gasteiger charge is -2.09. The van der Waals surface area contributed by atoms with Gasteiger partial charge in [0.1, 0.15) is 0 Å². The summed E-state index contributed by atoms with van der Waals surface area (Å²) in [5, 5.41) is 2.72. The molecule has 76 valence electrons. The van der Waals surface area contributed by atoms with Gasteiger partial charge < -0.3 is 10.7 Å². The smallest absolute Gasteiger partial charge is 0.253 e. The molecule has 0 spiro atoms. The van der Waals surface area contributed by atoms with E-state index >= 15 is 0 Å². The fourth-order valence-corrected chi connectivity index (χ4v) is 1.23.